The molecule has 3 heteroatoms. The fraction of sp³-hybridized carbons (Fsp3) is 0.267. The van der Waals surface area contributed by atoms with E-state index in [0.29, 0.717) is 0 Å². The highest BCUT2D eigenvalue weighted by Gasteiger charge is 2.47. The van der Waals surface area contributed by atoms with Gasteiger partial charge in [-0.25, -0.2) is 0 Å². The highest BCUT2D eigenvalue weighted by Crippen LogP contribution is 2.52. The van der Waals surface area contributed by atoms with Gasteiger partial charge in [-0.1, -0.05) is 35.9 Å². The van der Waals surface area contributed by atoms with Gasteiger partial charge >= 0.3 is 0 Å². The second-order valence-electron chi connectivity index (χ2n) is 4.93. The second-order valence-corrected chi connectivity index (χ2v) is 6.30. The van der Waals surface area contributed by atoms with E-state index in [1.165, 1.54) is 4.90 Å². The van der Waals surface area contributed by atoms with Crippen molar-refractivity contribution < 1.29 is 4.79 Å². The predicted molar refractivity (Wildman–Crippen MR) is 76.0 cm³/mol. The maximum Gasteiger partial charge on any atom is 0.247 e. The number of para-hydroxylation sites is 1. The highest BCUT2D eigenvalue weighted by molar-refractivity contribution is 8.02. The number of anilines is 1. The van der Waals surface area contributed by atoms with Crippen molar-refractivity contribution in [3.05, 3.63) is 48.1 Å². The Morgan fingerprint density at radius 1 is 1.39 bits per heavy atom. The molecule has 0 saturated carbocycles. The van der Waals surface area contributed by atoms with Crippen molar-refractivity contribution in [2.75, 3.05) is 11.9 Å². The number of hydrogen-bond acceptors (Lipinski definition) is 2. The van der Waals surface area contributed by atoms with Gasteiger partial charge in [0.1, 0.15) is 4.75 Å². The summed E-state index contributed by atoms with van der Waals surface area (Å²) in [7, 11) is 1.85. The molecule has 0 saturated heterocycles. The fourth-order valence-corrected chi connectivity index (χ4v) is 4.17. The van der Waals surface area contributed by atoms with Crippen LogP contribution in [0, 0.1) is 0 Å². The Labute approximate surface area is 111 Å². The predicted octanol–water partition coefficient (Wildman–Crippen LogP) is 3.40. The summed E-state index contributed by atoms with van der Waals surface area (Å²) in [6, 6.07) is 8.06. The van der Waals surface area contributed by atoms with Crippen molar-refractivity contribution in [3.8, 4) is 0 Å². The minimum Gasteiger partial charge on any atom is -0.313 e. The monoisotopic (exact) mass is 257 g/mol. The average Bonchev–Trinajstić information content (AvgIpc) is 2.63. The number of carbonyl (C=O) groups excluding carboxylic acids is 1. The zero-order valence-corrected chi connectivity index (χ0v) is 11.4. The molecule has 0 aromatic heterocycles. The van der Waals surface area contributed by atoms with E-state index < -0.39 is 4.75 Å². The van der Waals surface area contributed by atoms with Crippen molar-refractivity contribution in [1.82, 2.24) is 0 Å². The summed E-state index contributed by atoms with van der Waals surface area (Å²) >= 11 is 1.66. The number of thioether (sulfide) groups is 1. The summed E-state index contributed by atoms with van der Waals surface area (Å²) in [6.07, 6.45) is 2.80. The standard InChI is InChI=1S/C15H15NOS/c1-10-8-15(9-11(10)2)14(17)16(3)12-6-4-5-7-13(12)18-15/h4-7,9H,1,8H2,2-3H3. The van der Waals surface area contributed by atoms with Crippen LogP contribution in [0.1, 0.15) is 13.3 Å². The van der Waals surface area contributed by atoms with Crippen molar-refractivity contribution >= 4 is 23.4 Å². The molecule has 1 aliphatic heterocycles. The highest BCUT2D eigenvalue weighted by atomic mass is 32.2. The van der Waals surface area contributed by atoms with E-state index >= 15 is 0 Å². The van der Waals surface area contributed by atoms with Gasteiger partial charge in [-0.15, -0.1) is 11.8 Å². The zero-order valence-electron chi connectivity index (χ0n) is 10.6. The van der Waals surface area contributed by atoms with Crippen LogP contribution < -0.4 is 4.90 Å². The van der Waals surface area contributed by atoms with E-state index in [1.807, 2.05) is 32.2 Å². The largest absolute Gasteiger partial charge is 0.313 e. The normalized spacial score (nSPS) is 26.6. The Hall–Kier alpha value is -1.48. The minimum atomic E-state index is -0.468. The lowest BCUT2D eigenvalue weighted by atomic mass is 10.0. The number of carbonyl (C=O) groups is 1. The molecule has 0 bridgehead atoms. The third kappa shape index (κ3) is 1.47. The number of amides is 1. The van der Waals surface area contributed by atoms with Crippen LogP contribution in [-0.4, -0.2) is 17.7 Å². The lowest BCUT2D eigenvalue weighted by molar-refractivity contribution is -0.119. The minimum absolute atomic E-state index is 0.157. The Morgan fingerprint density at radius 2 is 2.11 bits per heavy atom. The van der Waals surface area contributed by atoms with Crippen LogP contribution in [0.3, 0.4) is 0 Å². The molecule has 18 heavy (non-hydrogen) atoms. The molecule has 1 aromatic carbocycles. The number of fused-ring (bicyclic) bond motifs is 1. The molecule has 0 fully saturated rings. The lowest BCUT2D eigenvalue weighted by Gasteiger charge is -2.37. The molecular weight excluding hydrogens is 242 g/mol. The van der Waals surface area contributed by atoms with E-state index in [2.05, 4.69) is 18.7 Å². The van der Waals surface area contributed by atoms with Gasteiger partial charge in [-0.3, -0.25) is 4.79 Å². The summed E-state index contributed by atoms with van der Waals surface area (Å²) in [5, 5.41) is 0. The van der Waals surface area contributed by atoms with Crippen molar-refractivity contribution in [2.24, 2.45) is 0 Å². The summed E-state index contributed by atoms with van der Waals surface area (Å²) in [5.74, 6) is 0.157. The van der Waals surface area contributed by atoms with Crippen LogP contribution >= 0.6 is 11.8 Å². The molecule has 92 valence electrons. The first-order valence-electron chi connectivity index (χ1n) is 5.97. The molecule has 1 aliphatic carbocycles. The van der Waals surface area contributed by atoms with E-state index in [0.717, 1.165) is 23.3 Å². The molecule has 0 N–H and O–H groups in total. The Morgan fingerprint density at radius 3 is 2.78 bits per heavy atom. The number of benzene rings is 1. The molecular formula is C15H15NOS. The number of allylic oxidation sites excluding steroid dienone is 2. The van der Waals surface area contributed by atoms with Crippen molar-refractivity contribution in [1.29, 1.82) is 0 Å². The first-order chi connectivity index (χ1) is 8.53. The quantitative estimate of drug-likeness (QED) is 0.710. The van der Waals surface area contributed by atoms with Crippen LogP contribution in [0.4, 0.5) is 5.69 Å². The van der Waals surface area contributed by atoms with Gasteiger partial charge in [0.2, 0.25) is 5.91 Å². The van der Waals surface area contributed by atoms with Crippen LogP contribution in [-0.2, 0) is 4.79 Å². The molecule has 1 atom stereocenters. The van der Waals surface area contributed by atoms with Crippen molar-refractivity contribution in [3.63, 3.8) is 0 Å². The maximum atomic E-state index is 12.6. The van der Waals surface area contributed by atoms with Crippen LogP contribution in [0.15, 0.2) is 53.0 Å². The van der Waals surface area contributed by atoms with Gasteiger partial charge in [-0.2, -0.15) is 0 Å². The zero-order chi connectivity index (χ0) is 12.9. The van der Waals surface area contributed by atoms with E-state index in [-0.39, 0.29) is 5.91 Å². The summed E-state index contributed by atoms with van der Waals surface area (Å²) in [6.45, 7) is 6.08. The molecule has 3 rings (SSSR count). The van der Waals surface area contributed by atoms with Gasteiger partial charge in [0.25, 0.3) is 0 Å². The summed E-state index contributed by atoms with van der Waals surface area (Å²) in [4.78, 5) is 15.6. The molecule has 1 unspecified atom stereocenters. The van der Waals surface area contributed by atoms with Gasteiger partial charge < -0.3 is 4.90 Å². The molecule has 1 amide bonds. The summed E-state index contributed by atoms with van der Waals surface area (Å²) < 4.78 is -0.468. The molecule has 2 nitrogen and oxygen atoms in total. The molecule has 0 radical (unpaired) electrons. The second kappa shape index (κ2) is 3.75. The van der Waals surface area contributed by atoms with Crippen molar-refractivity contribution in [2.45, 2.75) is 23.0 Å². The van der Waals surface area contributed by atoms with Crippen LogP contribution in [0.5, 0.6) is 0 Å². The van der Waals surface area contributed by atoms with E-state index in [4.69, 9.17) is 0 Å². The molecule has 1 aromatic rings. The third-order valence-corrected chi connectivity index (χ3v) is 5.03. The van der Waals surface area contributed by atoms with Gasteiger partial charge in [0.15, 0.2) is 0 Å². The summed E-state index contributed by atoms with van der Waals surface area (Å²) in [5.41, 5.74) is 3.22. The smallest absolute Gasteiger partial charge is 0.247 e. The SMILES string of the molecule is C=C1CC2(C=C1C)Sc1ccccc1N(C)C2=O. The maximum absolute atomic E-state index is 12.6. The average molecular weight is 257 g/mol. The van der Waals surface area contributed by atoms with Gasteiger partial charge in [0, 0.05) is 11.9 Å². The van der Waals surface area contributed by atoms with Crippen LogP contribution in [0.25, 0.3) is 0 Å². The van der Waals surface area contributed by atoms with Gasteiger partial charge in [0.05, 0.1) is 5.69 Å². The first kappa shape index (κ1) is 11.6. The number of hydrogen-bond donors (Lipinski definition) is 0. The van der Waals surface area contributed by atoms with E-state index in [1.54, 1.807) is 16.7 Å². The number of nitrogens with zero attached hydrogens (tertiary/aromatic N) is 1. The molecule has 2 aliphatic rings. The molecule has 1 heterocycles. The fourth-order valence-electron chi connectivity index (χ4n) is 2.62. The van der Waals surface area contributed by atoms with E-state index in [9.17, 15) is 4.79 Å². The number of rotatable bonds is 0. The topological polar surface area (TPSA) is 20.3 Å². The van der Waals surface area contributed by atoms with Crippen LogP contribution in [0.2, 0.25) is 0 Å². The Balaban J connectivity index is 2.13. The first-order valence-corrected chi connectivity index (χ1v) is 6.79. The lowest BCUT2D eigenvalue weighted by Crippen LogP contribution is -2.46. The van der Waals surface area contributed by atoms with Gasteiger partial charge in [-0.05, 0) is 25.5 Å². The molecule has 1 spiro atoms. The Kier molecular flexibility index (Phi) is 2.42. The third-order valence-electron chi connectivity index (χ3n) is 3.67. The Bertz CT molecular complexity index is 590.